The molecule has 2 aliphatic rings. The van der Waals surface area contributed by atoms with Gasteiger partial charge < -0.3 is 24.1 Å². The van der Waals surface area contributed by atoms with Gasteiger partial charge in [-0.05, 0) is 44.9 Å². The van der Waals surface area contributed by atoms with Crippen LogP contribution in [0, 0.1) is 17.5 Å². The van der Waals surface area contributed by atoms with Crippen molar-refractivity contribution in [1.29, 1.82) is 0 Å². The minimum absolute atomic E-state index is 0.0805. The fourth-order valence-electron chi connectivity index (χ4n) is 5.79. The van der Waals surface area contributed by atoms with Crippen LogP contribution in [-0.2, 0) is 22.5 Å². The number of nitrogens with zero attached hydrogens (tertiary/aromatic N) is 2. The number of halogens is 3. The van der Waals surface area contributed by atoms with Crippen molar-refractivity contribution in [1.82, 2.24) is 9.78 Å². The summed E-state index contributed by atoms with van der Waals surface area (Å²) in [5.74, 6) is -1.33. The first-order valence-electron chi connectivity index (χ1n) is 14.2. The van der Waals surface area contributed by atoms with E-state index in [4.69, 9.17) is 18.9 Å². The molecule has 0 amide bonds. The van der Waals surface area contributed by atoms with Gasteiger partial charge in [0.2, 0.25) is 0 Å². The number of aliphatic hydroxyl groups is 1. The Kier molecular flexibility index (Phi) is 7.75. The van der Waals surface area contributed by atoms with Gasteiger partial charge in [-0.1, -0.05) is 6.07 Å². The summed E-state index contributed by atoms with van der Waals surface area (Å²) in [6.45, 7) is 3.71. The number of hydrogen-bond acceptors (Lipinski definition) is 7. The minimum Gasteiger partial charge on any atom is -0.492 e. The number of hydrogen-bond donors (Lipinski definition) is 1. The number of aromatic nitrogens is 2. The Bertz CT molecular complexity index is 1710. The summed E-state index contributed by atoms with van der Waals surface area (Å²) in [6.07, 6.45) is 3.27. The van der Waals surface area contributed by atoms with E-state index in [1.807, 2.05) is 6.07 Å². The highest BCUT2D eigenvalue weighted by Gasteiger charge is 2.32. The Morgan fingerprint density at radius 1 is 1.09 bits per heavy atom. The van der Waals surface area contributed by atoms with E-state index in [9.17, 15) is 9.90 Å². The largest absolute Gasteiger partial charge is 0.492 e. The lowest BCUT2D eigenvalue weighted by molar-refractivity contribution is -0.141. The number of benzene rings is 3. The number of carbonyl (C=O) groups excluding carboxylic acids is 1. The Morgan fingerprint density at radius 3 is 2.59 bits per heavy atom. The highest BCUT2D eigenvalue weighted by molar-refractivity contribution is 5.71. The van der Waals surface area contributed by atoms with E-state index < -0.39 is 29.2 Å². The Morgan fingerprint density at radius 2 is 1.86 bits per heavy atom. The molecule has 44 heavy (non-hydrogen) atoms. The summed E-state index contributed by atoms with van der Waals surface area (Å²) in [5.41, 5.74) is 0.655. The van der Waals surface area contributed by atoms with Crippen molar-refractivity contribution in [2.75, 3.05) is 13.7 Å². The van der Waals surface area contributed by atoms with Gasteiger partial charge in [0.25, 0.3) is 0 Å². The standard InChI is InChI=1S/C33H31F3N2O6/c1-33(2,40)17-38-15-19(14-37-38)31-25(35)11-21(12-26(31)36)44-27-9-7-24(34)32-23(27)6-8-28(32)43-20-4-5-22-18(10-30(39)41-3)16-42-29(22)13-20/h4-5,7,9,11-15,18,28,40H,6,8,10,16-17H2,1-3H3/t18-,28-/m1/s1. The summed E-state index contributed by atoms with van der Waals surface area (Å²) < 4.78 is 69.5. The van der Waals surface area contributed by atoms with Crippen LogP contribution in [0.4, 0.5) is 13.2 Å². The Hall–Kier alpha value is -4.51. The molecular weight excluding hydrogens is 577 g/mol. The van der Waals surface area contributed by atoms with E-state index in [0.29, 0.717) is 42.1 Å². The summed E-state index contributed by atoms with van der Waals surface area (Å²) in [4.78, 5) is 11.7. The molecule has 0 radical (unpaired) electrons. The van der Waals surface area contributed by atoms with Crippen LogP contribution < -0.4 is 14.2 Å². The minimum atomic E-state index is -1.05. The van der Waals surface area contributed by atoms with Crippen molar-refractivity contribution < 1.29 is 42.0 Å². The average molecular weight is 609 g/mol. The van der Waals surface area contributed by atoms with Gasteiger partial charge in [-0.3, -0.25) is 9.48 Å². The van der Waals surface area contributed by atoms with Gasteiger partial charge in [0.05, 0.1) is 44.0 Å². The van der Waals surface area contributed by atoms with Crippen molar-refractivity contribution in [2.24, 2.45) is 0 Å². The van der Waals surface area contributed by atoms with Gasteiger partial charge in [-0.2, -0.15) is 5.10 Å². The van der Waals surface area contributed by atoms with Gasteiger partial charge in [0.1, 0.15) is 46.6 Å². The number of rotatable bonds is 9. The highest BCUT2D eigenvalue weighted by Crippen LogP contribution is 2.45. The number of esters is 1. The molecule has 4 aromatic rings. The fourth-order valence-corrected chi connectivity index (χ4v) is 5.79. The Balaban J connectivity index is 1.20. The molecule has 1 aliphatic carbocycles. The zero-order chi connectivity index (χ0) is 31.2. The lowest BCUT2D eigenvalue weighted by atomic mass is 9.98. The van der Waals surface area contributed by atoms with Gasteiger partial charge in [-0.15, -0.1) is 0 Å². The van der Waals surface area contributed by atoms with Crippen LogP contribution >= 0.6 is 0 Å². The van der Waals surface area contributed by atoms with Crippen LogP contribution in [-0.4, -0.2) is 40.2 Å². The van der Waals surface area contributed by atoms with Crippen molar-refractivity contribution in [2.45, 2.75) is 57.3 Å². The number of ether oxygens (including phenoxy) is 4. The monoisotopic (exact) mass is 608 g/mol. The normalized spacial score (nSPS) is 17.2. The smallest absolute Gasteiger partial charge is 0.306 e. The second-order valence-electron chi connectivity index (χ2n) is 11.7. The van der Waals surface area contributed by atoms with Crippen molar-refractivity contribution >= 4 is 5.97 Å². The van der Waals surface area contributed by atoms with Crippen LogP contribution in [0.25, 0.3) is 11.1 Å². The molecule has 0 unspecified atom stereocenters. The van der Waals surface area contributed by atoms with Gasteiger partial charge >= 0.3 is 5.97 Å². The summed E-state index contributed by atoms with van der Waals surface area (Å²) in [7, 11) is 1.34. The van der Waals surface area contributed by atoms with E-state index in [0.717, 1.165) is 17.7 Å². The molecule has 1 aliphatic heterocycles. The van der Waals surface area contributed by atoms with Gasteiger partial charge in [0.15, 0.2) is 0 Å². The first-order chi connectivity index (χ1) is 21.0. The average Bonchev–Trinajstić information content (AvgIpc) is 3.69. The topological polar surface area (TPSA) is 92.0 Å². The van der Waals surface area contributed by atoms with E-state index in [-0.39, 0.29) is 47.5 Å². The van der Waals surface area contributed by atoms with E-state index in [1.54, 1.807) is 26.0 Å². The van der Waals surface area contributed by atoms with Crippen LogP contribution in [0.2, 0.25) is 0 Å². The molecule has 0 spiro atoms. The van der Waals surface area contributed by atoms with Crippen LogP contribution in [0.5, 0.6) is 23.0 Å². The molecule has 2 heterocycles. The molecule has 0 bridgehead atoms. The molecule has 6 rings (SSSR count). The predicted molar refractivity (Wildman–Crippen MR) is 153 cm³/mol. The third-order valence-electron chi connectivity index (χ3n) is 7.74. The summed E-state index contributed by atoms with van der Waals surface area (Å²) in [6, 6.07) is 10.1. The molecule has 230 valence electrons. The number of methoxy groups -OCH3 is 1. The van der Waals surface area contributed by atoms with Crippen molar-refractivity contribution in [3.05, 3.63) is 89.0 Å². The van der Waals surface area contributed by atoms with E-state index in [2.05, 4.69) is 5.10 Å². The van der Waals surface area contributed by atoms with E-state index >= 15 is 13.2 Å². The Labute approximate surface area is 251 Å². The van der Waals surface area contributed by atoms with Crippen LogP contribution in [0.15, 0.2) is 54.9 Å². The fraction of sp³-hybridized carbons (Fsp3) is 0.333. The summed E-state index contributed by atoms with van der Waals surface area (Å²) >= 11 is 0. The highest BCUT2D eigenvalue weighted by atomic mass is 19.1. The summed E-state index contributed by atoms with van der Waals surface area (Å²) in [5, 5.41) is 14.1. The number of fused-ring (bicyclic) bond motifs is 2. The van der Waals surface area contributed by atoms with Crippen molar-refractivity contribution in [3.63, 3.8) is 0 Å². The zero-order valence-electron chi connectivity index (χ0n) is 24.4. The first kappa shape index (κ1) is 29.6. The second-order valence-corrected chi connectivity index (χ2v) is 11.7. The quantitative estimate of drug-likeness (QED) is 0.213. The maximum atomic E-state index is 15.2. The third kappa shape index (κ3) is 5.96. The molecule has 1 N–H and O–H groups in total. The number of carbonyl (C=O) groups is 1. The van der Waals surface area contributed by atoms with E-state index in [1.165, 1.54) is 36.3 Å². The maximum Gasteiger partial charge on any atom is 0.306 e. The predicted octanol–water partition coefficient (Wildman–Crippen LogP) is 6.64. The molecule has 3 aromatic carbocycles. The van der Waals surface area contributed by atoms with Crippen LogP contribution in [0.3, 0.4) is 0 Å². The molecule has 11 heteroatoms. The first-order valence-corrected chi connectivity index (χ1v) is 14.2. The SMILES string of the molecule is COC(=O)C[C@@H]1COc2cc(O[C@@H]3CCc4c(Oc5cc(F)c(-c6cnn(CC(C)(C)O)c6)c(F)c5)ccc(F)c43)ccc21. The van der Waals surface area contributed by atoms with Crippen molar-refractivity contribution in [3.8, 4) is 34.1 Å². The van der Waals surface area contributed by atoms with Gasteiger partial charge in [0, 0.05) is 52.6 Å². The third-order valence-corrected chi connectivity index (χ3v) is 7.74. The molecule has 0 saturated carbocycles. The lowest BCUT2D eigenvalue weighted by Gasteiger charge is -2.17. The molecule has 1 aromatic heterocycles. The molecular formula is C33H31F3N2O6. The van der Waals surface area contributed by atoms with Gasteiger partial charge in [-0.25, -0.2) is 13.2 Å². The molecule has 0 fully saturated rings. The second kappa shape index (κ2) is 11.5. The molecule has 8 nitrogen and oxygen atoms in total. The van der Waals surface area contributed by atoms with Crippen LogP contribution in [0.1, 0.15) is 55.4 Å². The molecule has 2 atom stereocenters. The molecule has 0 saturated heterocycles. The zero-order valence-corrected chi connectivity index (χ0v) is 24.4. The lowest BCUT2D eigenvalue weighted by Crippen LogP contribution is -2.26. The maximum absolute atomic E-state index is 15.2.